The summed E-state index contributed by atoms with van der Waals surface area (Å²) in [6, 6.07) is 13.5. The van der Waals surface area contributed by atoms with Gasteiger partial charge >= 0.3 is 6.61 Å². The van der Waals surface area contributed by atoms with Gasteiger partial charge < -0.3 is 10.6 Å². The van der Waals surface area contributed by atoms with Crippen LogP contribution in [0.5, 0.6) is 5.75 Å². The molecule has 2 N–H and O–H groups in total. The molecule has 5 nitrogen and oxygen atoms in total. The second-order valence-electron chi connectivity index (χ2n) is 5.00. The van der Waals surface area contributed by atoms with Gasteiger partial charge in [-0.15, -0.1) is 10.2 Å². The molecular weight excluding hydrogens is 370 g/mol. The fourth-order valence-corrected chi connectivity index (χ4v) is 3.14. The normalized spacial score (nSPS) is 11.0. The van der Waals surface area contributed by atoms with Gasteiger partial charge in [0.05, 0.1) is 0 Å². The smallest absolute Gasteiger partial charge is 0.387 e. The van der Waals surface area contributed by atoms with Gasteiger partial charge in [0.2, 0.25) is 5.16 Å². The lowest BCUT2D eigenvalue weighted by atomic mass is 10.2. The number of ether oxygens (including phenoxy) is 1. The van der Waals surface area contributed by atoms with Gasteiger partial charge in [-0.05, 0) is 42.0 Å². The molecule has 0 bridgehead atoms. The lowest BCUT2D eigenvalue weighted by Crippen LogP contribution is -2.11. The van der Waals surface area contributed by atoms with Crippen molar-refractivity contribution in [2.75, 3.05) is 5.84 Å². The standard InChI is InChI=1S/C16H13ClF2N4OS/c17-12-3-1-2-10(8-12)9-25-16-22-21-14(23(16)20)11-4-6-13(7-5-11)24-15(18)19/h1-8,15H,9,20H2. The highest BCUT2D eigenvalue weighted by Crippen LogP contribution is 2.26. The van der Waals surface area contributed by atoms with Gasteiger partial charge in [-0.3, -0.25) is 0 Å². The van der Waals surface area contributed by atoms with Gasteiger partial charge in [0.1, 0.15) is 5.75 Å². The van der Waals surface area contributed by atoms with Crippen molar-refractivity contribution >= 4 is 23.4 Å². The molecule has 0 aliphatic carbocycles. The van der Waals surface area contributed by atoms with Crippen molar-refractivity contribution < 1.29 is 13.5 Å². The molecule has 0 aliphatic heterocycles. The molecule has 3 aromatic rings. The fraction of sp³-hybridized carbons (Fsp3) is 0.125. The van der Waals surface area contributed by atoms with Crippen molar-refractivity contribution in [1.82, 2.24) is 14.9 Å². The minimum absolute atomic E-state index is 0.0670. The van der Waals surface area contributed by atoms with E-state index in [1.165, 1.54) is 28.6 Å². The second-order valence-corrected chi connectivity index (χ2v) is 6.38. The van der Waals surface area contributed by atoms with E-state index in [2.05, 4.69) is 14.9 Å². The maximum atomic E-state index is 12.2. The van der Waals surface area contributed by atoms with E-state index in [1.54, 1.807) is 18.2 Å². The van der Waals surface area contributed by atoms with Gasteiger partial charge in [0.15, 0.2) is 5.82 Å². The molecule has 0 saturated heterocycles. The zero-order chi connectivity index (χ0) is 17.8. The van der Waals surface area contributed by atoms with E-state index in [1.807, 2.05) is 18.2 Å². The Balaban J connectivity index is 1.72. The summed E-state index contributed by atoms with van der Waals surface area (Å²) < 4.78 is 30.0. The summed E-state index contributed by atoms with van der Waals surface area (Å²) in [6.07, 6.45) is 0. The number of alkyl halides is 2. The van der Waals surface area contributed by atoms with Crippen LogP contribution < -0.4 is 10.6 Å². The van der Waals surface area contributed by atoms with Gasteiger partial charge in [0.25, 0.3) is 0 Å². The Bertz CT molecular complexity index is 858. The average molecular weight is 383 g/mol. The molecule has 9 heteroatoms. The van der Waals surface area contributed by atoms with E-state index in [0.717, 1.165) is 5.56 Å². The quantitative estimate of drug-likeness (QED) is 0.511. The van der Waals surface area contributed by atoms with Gasteiger partial charge in [-0.2, -0.15) is 8.78 Å². The van der Waals surface area contributed by atoms with Crippen molar-refractivity contribution in [3.63, 3.8) is 0 Å². The van der Waals surface area contributed by atoms with Crippen LogP contribution in [0.15, 0.2) is 53.7 Å². The molecule has 0 atom stereocenters. The number of nitrogens with two attached hydrogens (primary N) is 1. The maximum absolute atomic E-state index is 12.2. The highest BCUT2D eigenvalue weighted by atomic mass is 35.5. The molecule has 1 heterocycles. The largest absolute Gasteiger partial charge is 0.435 e. The first-order valence-corrected chi connectivity index (χ1v) is 8.52. The van der Waals surface area contributed by atoms with Crippen LogP contribution in [0.3, 0.4) is 0 Å². The van der Waals surface area contributed by atoms with Crippen molar-refractivity contribution in [3.8, 4) is 17.1 Å². The highest BCUT2D eigenvalue weighted by Gasteiger charge is 2.13. The van der Waals surface area contributed by atoms with E-state index in [0.29, 0.717) is 27.3 Å². The first-order valence-electron chi connectivity index (χ1n) is 7.16. The maximum Gasteiger partial charge on any atom is 0.387 e. The van der Waals surface area contributed by atoms with Crippen LogP contribution in [0.25, 0.3) is 11.4 Å². The molecule has 25 heavy (non-hydrogen) atoms. The summed E-state index contributed by atoms with van der Waals surface area (Å²) in [5.74, 6) is 7.17. The van der Waals surface area contributed by atoms with E-state index in [-0.39, 0.29) is 5.75 Å². The number of nitrogens with zero attached hydrogens (tertiary/aromatic N) is 3. The van der Waals surface area contributed by atoms with Gasteiger partial charge in [-0.1, -0.05) is 35.5 Å². The Morgan fingerprint density at radius 2 is 1.92 bits per heavy atom. The Kier molecular flexibility index (Phi) is 5.40. The summed E-state index contributed by atoms with van der Waals surface area (Å²) in [7, 11) is 0. The molecule has 0 unspecified atom stereocenters. The van der Waals surface area contributed by atoms with Crippen LogP contribution in [0.4, 0.5) is 8.78 Å². The number of thioether (sulfide) groups is 1. The molecule has 3 rings (SSSR count). The van der Waals surface area contributed by atoms with E-state index < -0.39 is 6.61 Å². The highest BCUT2D eigenvalue weighted by molar-refractivity contribution is 7.98. The van der Waals surface area contributed by atoms with Gasteiger partial charge in [-0.25, -0.2) is 4.68 Å². The van der Waals surface area contributed by atoms with Crippen LogP contribution in [0.1, 0.15) is 5.56 Å². The Labute approximate surface area is 151 Å². The van der Waals surface area contributed by atoms with Crippen LogP contribution in [0.2, 0.25) is 5.02 Å². The zero-order valence-corrected chi connectivity index (χ0v) is 14.3. The third-order valence-corrected chi connectivity index (χ3v) is 4.51. The Morgan fingerprint density at radius 1 is 1.16 bits per heavy atom. The molecular formula is C16H13ClF2N4OS. The molecule has 2 aromatic carbocycles. The summed E-state index contributed by atoms with van der Waals surface area (Å²) >= 11 is 7.38. The van der Waals surface area contributed by atoms with Crippen molar-refractivity contribution in [3.05, 3.63) is 59.1 Å². The number of hydrogen-bond donors (Lipinski definition) is 1. The lowest BCUT2D eigenvalue weighted by Gasteiger charge is -2.06. The molecule has 0 radical (unpaired) electrons. The van der Waals surface area contributed by atoms with Crippen LogP contribution in [-0.4, -0.2) is 21.5 Å². The van der Waals surface area contributed by atoms with E-state index >= 15 is 0 Å². The number of benzene rings is 2. The van der Waals surface area contributed by atoms with E-state index in [9.17, 15) is 8.78 Å². The Hall–Kier alpha value is -2.32. The number of hydrogen-bond acceptors (Lipinski definition) is 5. The predicted molar refractivity (Wildman–Crippen MR) is 93.3 cm³/mol. The third kappa shape index (κ3) is 4.40. The lowest BCUT2D eigenvalue weighted by molar-refractivity contribution is -0.0498. The molecule has 0 spiro atoms. The van der Waals surface area contributed by atoms with Crippen LogP contribution >= 0.6 is 23.4 Å². The minimum Gasteiger partial charge on any atom is -0.435 e. The summed E-state index contributed by atoms with van der Waals surface area (Å²) in [5, 5.41) is 9.32. The van der Waals surface area contributed by atoms with Crippen molar-refractivity contribution in [1.29, 1.82) is 0 Å². The first-order chi connectivity index (χ1) is 12.0. The van der Waals surface area contributed by atoms with Crippen molar-refractivity contribution in [2.45, 2.75) is 17.5 Å². The van der Waals surface area contributed by atoms with Crippen LogP contribution in [-0.2, 0) is 5.75 Å². The molecule has 0 fully saturated rings. The number of nitrogen functional groups attached to an aromatic ring is 1. The predicted octanol–water partition coefficient (Wildman–Crippen LogP) is 4.21. The first kappa shape index (κ1) is 17.5. The van der Waals surface area contributed by atoms with Crippen molar-refractivity contribution in [2.24, 2.45) is 0 Å². The molecule has 0 aliphatic rings. The molecule has 130 valence electrons. The van der Waals surface area contributed by atoms with Crippen LogP contribution in [0, 0.1) is 0 Å². The topological polar surface area (TPSA) is 66.0 Å². The minimum atomic E-state index is -2.86. The number of rotatable bonds is 6. The average Bonchev–Trinajstić information content (AvgIpc) is 2.94. The third-order valence-electron chi connectivity index (χ3n) is 3.26. The van der Waals surface area contributed by atoms with E-state index in [4.69, 9.17) is 17.4 Å². The second kappa shape index (κ2) is 7.71. The Morgan fingerprint density at radius 3 is 2.60 bits per heavy atom. The molecule has 0 saturated carbocycles. The molecule has 1 aromatic heterocycles. The SMILES string of the molecule is Nn1c(SCc2cccc(Cl)c2)nnc1-c1ccc(OC(F)F)cc1. The fourth-order valence-electron chi connectivity index (χ4n) is 2.13. The number of halogens is 3. The summed E-state index contributed by atoms with van der Waals surface area (Å²) in [5.41, 5.74) is 1.68. The zero-order valence-electron chi connectivity index (χ0n) is 12.8. The monoisotopic (exact) mass is 382 g/mol. The number of aromatic nitrogens is 3. The summed E-state index contributed by atoms with van der Waals surface area (Å²) in [6.45, 7) is -2.86. The molecule has 0 amide bonds. The summed E-state index contributed by atoms with van der Waals surface area (Å²) in [4.78, 5) is 0. The van der Waals surface area contributed by atoms with Gasteiger partial charge in [0, 0.05) is 16.3 Å².